The molecule has 0 bridgehead atoms. The number of aryl methyl sites for hydroxylation is 1. The van der Waals surface area contributed by atoms with Crippen LogP contribution in [0.1, 0.15) is 31.0 Å². The summed E-state index contributed by atoms with van der Waals surface area (Å²) in [6, 6.07) is 15.8. The minimum absolute atomic E-state index is 0.107. The fraction of sp³-hybridized carbons (Fsp3) is 0.438. The van der Waals surface area contributed by atoms with Gasteiger partial charge in [-0.25, -0.2) is 4.98 Å². The van der Waals surface area contributed by atoms with E-state index in [1.807, 2.05) is 78.0 Å². The van der Waals surface area contributed by atoms with E-state index in [0.717, 1.165) is 16.9 Å². The second-order valence-electron chi connectivity index (χ2n) is 11.3. The van der Waals surface area contributed by atoms with Crippen molar-refractivity contribution < 1.29 is 19.1 Å². The number of methoxy groups -OCH3 is 1. The molecule has 43 heavy (non-hydrogen) atoms. The molecule has 3 amide bonds. The van der Waals surface area contributed by atoms with Gasteiger partial charge in [-0.1, -0.05) is 30.3 Å². The third-order valence-electron chi connectivity index (χ3n) is 8.76. The van der Waals surface area contributed by atoms with Crippen LogP contribution in [0.5, 0.6) is 5.75 Å². The number of aromatic nitrogens is 2. The van der Waals surface area contributed by atoms with Crippen molar-refractivity contribution in [2.75, 3.05) is 38.3 Å². The molecule has 11 heteroatoms. The lowest BCUT2D eigenvalue weighted by Gasteiger charge is -2.44. The number of nitrogens with one attached hydrogen (secondary N) is 1. The van der Waals surface area contributed by atoms with E-state index in [9.17, 15) is 14.4 Å². The van der Waals surface area contributed by atoms with Gasteiger partial charge in [0.05, 0.1) is 26.1 Å². The highest BCUT2D eigenvalue weighted by Gasteiger charge is 2.54. The van der Waals surface area contributed by atoms with Crippen LogP contribution in [0.2, 0.25) is 0 Å². The van der Waals surface area contributed by atoms with Gasteiger partial charge in [-0.05, 0) is 49.6 Å². The van der Waals surface area contributed by atoms with E-state index in [1.54, 1.807) is 24.5 Å². The Morgan fingerprint density at radius 2 is 1.77 bits per heavy atom. The zero-order valence-electron chi connectivity index (χ0n) is 25.1. The number of nitrogens with two attached hydrogens (primary N) is 1. The Morgan fingerprint density at radius 3 is 2.37 bits per heavy atom. The Bertz CT molecular complexity index is 1420. The number of benzene rings is 2. The van der Waals surface area contributed by atoms with Gasteiger partial charge in [0.2, 0.25) is 17.7 Å². The van der Waals surface area contributed by atoms with Gasteiger partial charge in [0.25, 0.3) is 0 Å². The summed E-state index contributed by atoms with van der Waals surface area (Å²) in [5, 5.41) is 2.94. The Balaban J connectivity index is 1.33. The molecule has 0 saturated carbocycles. The number of likely N-dealkylation sites (N-methyl/N-ethyl adjacent to an activating group) is 1. The van der Waals surface area contributed by atoms with Crippen molar-refractivity contribution in [2.24, 2.45) is 12.8 Å². The van der Waals surface area contributed by atoms with Crippen molar-refractivity contribution in [3.8, 4) is 5.75 Å². The summed E-state index contributed by atoms with van der Waals surface area (Å²) < 4.78 is 7.10. The monoisotopic (exact) mass is 587 g/mol. The number of likely N-dealkylation sites (tertiary alicyclic amines) is 1. The first-order valence-electron chi connectivity index (χ1n) is 14.8. The van der Waals surface area contributed by atoms with Gasteiger partial charge >= 0.3 is 0 Å². The van der Waals surface area contributed by atoms with Crippen LogP contribution in [-0.4, -0.2) is 88.1 Å². The average Bonchev–Trinajstić information content (AvgIpc) is 3.56. The molecule has 2 aromatic carbocycles. The van der Waals surface area contributed by atoms with Crippen LogP contribution in [0.15, 0.2) is 67.1 Å². The highest BCUT2D eigenvalue weighted by molar-refractivity contribution is 5.94. The smallest absolute Gasteiger partial charge is 0.250 e. The zero-order valence-corrected chi connectivity index (χ0v) is 25.1. The topological polar surface area (TPSA) is 126 Å². The normalized spacial score (nSPS) is 17.7. The van der Waals surface area contributed by atoms with E-state index in [2.05, 4.69) is 15.2 Å². The summed E-state index contributed by atoms with van der Waals surface area (Å²) in [7, 11) is 3.45. The Labute approximate surface area is 252 Å². The van der Waals surface area contributed by atoms with Crippen molar-refractivity contribution in [1.82, 2.24) is 24.7 Å². The molecule has 3 N–H and O–H groups in total. The maximum Gasteiger partial charge on any atom is 0.250 e. The molecule has 0 aliphatic carbocycles. The maximum atomic E-state index is 14.0. The molecule has 3 heterocycles. The van der Waals surface area contributed by atoms with Crippen LogP contribution in [0.25, 0.3) is 0 Å². The number of amides is 3. The molecule has 2 fully saturated rings. The zero-order chi connectivity index (χ0) is 30.6. The van der Waals surface area contributed by atoms with Crippen molar-refractivity contribution in [3.05, 3.63) is 78.4 Å². The van der Waals surface area contributed by atoms with Gasteiger partial charge in [0, 0.05) is 57.1 Å². The molecule has 5 rings (SSSR count). The number of carbonyl (C=O) groups excluding carboxylic acids is 3. The van der Waals surface area contributed by atoms with Gasteiger partial charge < -0.3 is 35.1 Å². The highest BCUT2D eigenvalue weighted by Crippen LogP contribution is 2.39. The Morgan fingerprint density at radius 1 is 1.07 bits per heavy atom. The summed E-state index contributed by atoms with van der Waals surface area (Å²) in [5.74, 6) is 0.229. The van der Waals surface area contributed by atoms with Gasteiger partial charge in [0.1, 0.15) is 17.3 Å². The van der Waals surface area contributed by atoms with Gasteiger partial charge in [-0.2, -0.15) is 0 Å². The molecular weight excluding hydrogens is 546 g/mol. The molecule has 2 aliphatic heterocycles. The molecule has 2 atom stereocenters. The number of hydrogen-bond acceptors (Lipinski definition) is 7. The lowest BCUT2D eigenvalue weighted by molar-refractivity contribution is -0.140. The molecular formula is C32H41N7O4. The molecule has 2 saturated heterocycles. The largest absolute Gasteiger partial charge is 0.497 e. The van der Waals surface area contributed by atoms with E-state index in [0.29, 0.717) is 57.7 Å². The second-order valence-corrected chi connectivity index (χ2v) is 11.3. The first-order valence-corrected chi connectivity index (χ1v) is 14.8. The molecule has 1 spiro atoms. The Hall–Kier alpha value is -4.38. The molecule has 1 aromatic heterocycles. The van der Waals surface area contributed by atoms with Crippen LogP contribution in [-0.2, 0) is 34.3 Å². The minimum Gasteiger partial charge on any atom is -0.497 e. The van der Waals surface area contributed by atoms with Crippen molar-refractivity contribution in [3.63, 3.8) is 0 Å². The predicted octanol–water partition coefficient (Wildman–Crippen LogP) is 1.71. The van der Waals surface area contributed by atoms with E-state index in [-0.39, 0.29) is 11.8 Å². The number of imidazole rings is 1. The molecule has 3 aromatic rings. The number of ether oxygens (including phenoxy) is 1. The minimum atomic E-state index is -0.846. The van der Waals surface area contributed by atoms with E-state index in [4.69, 9.17) is 10.5 Å². The van der Waals surface area contributed by atoms with Gasteiger partial charge in [-0.3, -0.25) is 14.4 Å². The molecule has 2 aliphatic rings. The van der Waals surface area contributed by atoms with Crippen LogP contribution >= 0.6 is 0 Å². The molecule has 0 radical (unpaired) electrons. The number of piperidine rings is 1. The van der Waals surface area contributed by atoms with E-state index < -0.39 is 23.5 Å². The Kier molecular flexibility index (Phi) is 9.00. The fourth-order valence-corrected chi connectivity index (χ4v) is 6.14. The predicted molar refractivity (Wildman–Crippen MR) is 163 cm³/mol. The van der Waals surface area contributed by atoms with Crippen LogP contribution in [0, 0.1) is 0 Å². The van der Waals surface area contributed by atoms with E-state index >= 15 is 0 Å². The number of carbonyl (C=O) groups is 3. The number of rotatable bonds is 10. The summed E-state index contributed by atoms with van der Waals surface area (Å²) in [4.78, 5) is 50.9. The summed E-state index contributed by atoms with van der Waals surface area (Å²) in [6.07, 6.45) is 4.95. The molecule has 11 nitrogen and oxygen atoms in total. The third-order valence-corrected chi connectivity index (χ3v) is 8.76. The molecule has 1 unspecified atom stereocenters. The first kappa shape index (κ1) is 30.1. The van der Waals surface area contributed by atoms with Crippen LogP contribution < -0.4 is 20.7 Å². The van der Waals surface area contributed by atoms with Crippen LogP contribution in [0.3, 0.4) is 0 Å². The van der Waals surface area contributed by atoms with Gasteiger partial charge in [0.15, 0.2) is 0 Å². The van der Waals surface area contributed by atoms with Crippen molar-refractivity contribution in [2.45, 2.75) is 50.2 Å². The second kappa shape index (κ2) is 12.9. The summed E-state index contributed by atoms with van der Waals surface area (Å²) >= 11 is 0. The average molecular weight is 588 g/mol. The number of anilines is 1. The lowest BCUT2D eigenvalue weighted by atomic mass is 9.85. The lowest BCUT2D eigenvalue weighted by Crippen LogP contribution is -2.60. The van der Waals surface area contributed by atoms with E-state index in [1.165, 1.54) is 0 Å². The first-order chi connectivity index (χ1) is 20.8. The SMILES string of the molecule is CCN1CN(c2ccccc2)C2(CCN(C(=O)[C@@H](Cc3ccc(OC)cc3)NC(=O)C(N)Cc3cncn3C)CC2)C1=O. The number of para-hydroxylation sites is 1. The van der Waals surface area contributed by atoms with Crippen LogP contribution in [0.4, 0.5) is 5.69 Å². The van der Waals surface area contributed by atoms with Crippen molar-refractivity contribution >= 4 is 23.4 Å². The maximum absolute atomic E-state index is 14.0. The fourth-order valence-electron chi connectivity index (χ4n) is 6.14. The molecule has 228 valence electrons. The number of hydrogen-bond donors (Lipinski definition) is 2. The number of nitrogens with zero attached hydrogens (tertiary/aromatic N) is 5. The van der Waals surface area contributed by atoms with Crippen molar-refractivity contribution in [1.29, 1.82) is 0 Å². The summed E-state index contributed by atoms with van der Waals surface area (Å²) in [6.45, 7) is 3.95. The standard InChI is InChI=1S/C32H41N7O4/c1-4-37-22-39(24-8-6-5-7-9-24)32(31(37)42)14-16-38(17-15-32)30(41)28(18-23-10-12-26(43-3)13-11-23)35-29(40)27(33)19-25-20-34-21-36(25)2/h5-13,20-21,27-28H,4,14-19,22,33H2,1-3H3,(H,35,40)/t27?,28-/m1/s1. The van der Waals surface area contributed by atoms with Gasteiger partial charge in [-0.15, -0.1) is 0 Å². The third kappa shape index (κ3) is 6.22. The highest BCUT2D eigenvalue weighted by atomic mass is 16.5. The quantitative estimate of drug-likeness (QED) is 0.370. The summed E-state index contributed by atoms with van der Waals surface area (Å²) in [5.41, 5.74) is 8.29.